The third-order valence-electron chi connectivity index (χ3n) is 4.21. The summed E-state index contributed by atoms with van der Waals surface area (Å²) in [7, 11) is 1.65. The highest BCUT2D eigenvalue weighted by Crippen LogP contribution is 2.29. The summed E-state index contributed by atoms with van der Waals surface area (Å²) in [4.78, 5) is 15.4. The van der Waals surface area contributed by atoms with E-state index in [4.69, 9.17) is 0 Å². The van der Waals surface area contributed by atoms with Gasteiger partial charge in [-0.15, -0.1) is 0 Å². The van der Waals surface area contributed by atoms with Gasteiger partial charge in [0, 0.05) is 41.0 Å². The second kappa shape index (κ2) is 8.08. The highest BCUT2D eigenvalue weighted by atomic mass is 32.2. The van der Waals surface area contributed by atoms with Crippen LogP contribution in [0.3, 0.4) is 0 Å². The molecule has 1 amide bonds. The smallest absolute Gasteiger partial charge is 0.251 e. The van der Waals surface area contributed by atoms with Gasteiger partial charge in [-0.2, -0.15) is 11.8 Å². The van der Waals surface area contributed by atoms with Gasteiger partial charge in [-0.05, 0) is 35.4 Å². The van der Waals surface area contributed by atoms with Crippen LogP contribution in [0.25, 0.3) is 16.5 Å². The molecular weight excluding hydrogens is 328 g/mol. The maximum Gasteiger partial charge on any atom is 0.251 e. The number of nitrogens with one attached hydrogen (secondary N) is 2. The van der Waals surface area contributed by atoms with Crippen LogP contribution in [0.1, 0.15) is 21.5 Å². The van der Waals surface area contributed by atoms with E-state index in [1.54, 1.807) is 7.05 Å². The van der Waals surface area contributed by atoms with Gasteiger partial charge < -0.3 is 10.3 Å². The standard InChI is InChI=1S/C21H22N2OS/c1-15(14-25-12-11-16-7-4-3-5-8-16)18-13-23-19-10-6-9-17(20(18)19)21(24)22-2/h3-10,13,23H,1,11-12,14H2,2H3,(H,22,24). The van der Waals surface area contributed by atoms with E-state index in [1.165, 1.54) is 5.56 Å². The lowest BCUT2D eigenvalue weighted by Gasteiger charge is -2.08. The van der Waals surface area contributed by atoms with Crippen LogP contribution in [0.15, 0.2) is 61.3 Å². The van der Waals surface area contributed by atoms with Crippen LogP contribution >= 0.6 is 11.8 Å². The number of aryl methyl sites for hydroxylation is 1. The summed E-state index contributed by atoms with van der Waals surface area (Å²) in [6.07, 6.45) is 3.01. The fourth-order valence-corrected chi connectivity index (χ4v) is 3.82. The second-order valence-electron chi connectivity index (χ2n) is 5.90. The third-order valence-corrected chi connectivity index (χ3v) is 5.26. The van der Waals surface area contributed by atoms with Gasteiger partial charge >= 0.3 is 0 Å². The average molecular weight is 350 g/mol. The number of aromatic amines is 1. The molecule has 0 aliphatic carbocycles. The predicted molar refractivity (Wildman–Crippen MR) is 108 cm³/mol. The molecule has 0 atom stereocenters. The first kappa shape index (κ1) is 17.4. The van der Waals surface area contributed by atoms with Crippen molar-refractivity contribution in [2.75, 3.05) is 18.6 Å². The van der Waals surface area contributed by atoms with E-state index in [1.807, 2.05) is 42.2 Å². The Balaban J connectivity index is 1.69. The summed E-state index contributed by atoms with van der Waals surface area (Å²) in [6.45, 7) is 4.25. The molecule has 4 heteroatoms. The van der Waals surface area contributed by atoms with Gasteiger partial charge in [-0.3, -0.25) is 4.79 Å². The molecule has 0 saturated carbocycles. The molecule has 3 rings (SSSR count). The zero-order chi connectivity index (χ0) is 17.6. The predicted octanol–water partition coefficient (Wildman–Crippen LogP) is 4.52. The number of amides is 1. The lowest BCUT2D eigenvalue weighted by molar-refractivity contribution is 0.0964. The highest BCUT2D eigenvalue weighted by molar-refractivity contribution is 7.99. The Morgan fingerprint density at radius 3 is 2.68 bits per heavy atom. The molecule has 0 aliphatic rings. The topological polar surface area (TPSA) is 44.9 Å². The van der Waals surface area contributed by atoms with E-state index < -0.39 is 0 Å². The van der Waals surface area contributed by atoms with E-state index >= 15 is 0 Å². The number of hydrogen-bond donors (Lipinski definition) is 2. The molecule has 1 heterocycles. The first-order valence-corrected chi connectivity index (χ1v) is 9.48. The maximum absolute atomic E-state index is 12.2. The number of fused-ring (bicyclic) bond motifs is 1. The number of rotatable bonds is 7. The van der Waals surface area contributed by atoms with E-state index in [-0.39, 0.29) is 5.91 Å². The molecule has 2 aromatic carbocycles. The van der Waals surface area contributed by atoms with Crippen LogP contribution < -0.4 is 5.32 Å². The van der Waals surface area contributed by atoms with Gasteiger partial charge in [0.2, 0.25) is 0 Å². The maximum atomic E-state index is 12.2. The number of hydrogen-bond acceptors (Lipinski definition) is 2. The molecule has 0 spiro atoms. The SMILES string of the molecule is C=C(CSCCc1ccccc1)c1c[nH]c2cccc(C(=O)NC)c12. The van der Waals surface area contributed by atoms with Gasteiger partial charge in [0.05, 0.1) is 0 Å². The lowest BCUT2D eigenvalue weighted by Crippen LogP contribution is -2.18. The number of aromatic nitrogens is 1. The van der Waals surface area contributed by atoms with Crippen LogP contribution in [-0.2, 0) is 6.42 Å². The Morgan fingerprint density at radius 1 is 1.12 bits per heavy atom. The Hall–Kier alpha value is -2.46. The molecule has 3 aromatic rings. The summed E-state index contributed by atoms with van der Waals surface area (Å²) in [5.41, 5.74) is 5.08. The van der Waals surface area contributed by atoms with E-state index in [0.29, 0.717) is 5.56 Å². The van der Waals surface area contributed by atoms with E-state index in [0.717, 1.165) is 40.0 Å². The Bertz CT molecular complexity index is 883. The summed E-state index contributed by atoms with van der Waals surface area (Å²) < 4.78 is 0. The van der Waals surface area contributed by atoms with Crippen LogP contribution in [0.4, 0.5) is 0 Å². The Morgan fingerprint density at radius 2 is 1.92 bits per heavy atom. The molecule has 3 nitrogen and oxygen atoms in total. The van der Waals surface area contributed by atoms with Crippen LogP contribution in [0.2, 0.25) is 0 Å². The van der Waals surface area contributed by atoms with Gasteiger partial charge in [0.25, 0.3) is 5.91 Å². The Kier molecular flexibility index (Phi) is 5.61. The van der Waals surface area contributed by atoms with E-state index in [2.05, 4.69) is 41.1 Å². The highest BCUT2D eigenvalue weighted by Gasteiger charge is 2.15. The molecule has 0 saturated heterocycles. The lowest BCUT2D eigenvalue weighted by atomic mass is 10.0. The monoisotopic (exact) mass is 350 g/mol. The number of thioether (sulfide) groups is 1. The zero-order valence-corrected chi connectivity index (χ0v) is 15.2. The summed E-state index contributed by atoms with van der Waals surface area (Å²) in [5, 5.41) is 3.67. The molecule has 0 radical (unpaired) electrons. The number of benzene rings is 2. The number of H-pyrrole nitrogens is 1. The van der Waals surface area contributed by atoms with Crippen molar-refractivity contribution < 1.29 is 4.79 Å². The van der Waals surface area contributed by atoms with Crippen molar-refractivity contribution >= 4 is 34.1 Å². The molecule has 2 N–H and O–H groups in total. The van der Waals surface area contributed by atoms with Crippen molar-refractivity contribution in [3.05, 3.63) is 78.0 Å². The number of carbonyl (C=O) groups is 1. The average Bonchev–Trinajstić information content (AvgIpc) is 3.09. The Labute approximate surface area is 152 Å². The normalized spacial score (nSPS) is 10.8. The number of carbonyl (C=O) groups excluding carboxylic acids is 1. The van der Waals surface area contributed by atoms with Crippen molar-refractivity contribution in [3.8, 4) is 0 Å². The molecule has 25 heavy (non-hydrogen) atoms. The summed E-state index contributed by atoms with van der Waals surface area (Å²) in [6, 6.07) is 16.2. The van der Waals surface area contributed by atoms with Gasteiger partial charge in [-0.25, -0.2) is 0 Å². The van der Waals surface area contributed by atoms with Crippen LogP contribution in [0.5, 0.6) is 0 Å². The third kappa shape index (κ3) is 3.97. The molecule has 128 valence electrons. The largest absolute Gasteiger partial charge is 0.361 e. The first-order chi connectivity index (χ1) is 12.2. The fraction of sp³-hybridized carbons (Fsp3) is 0.190. The minimum Gasteiger partial charge on any atom is -0.361 e. The zero-order valence-electron chi connectivity index (χ0n) is 14.3. The summed E-state index contributed by atoms with van der Waals surface area (Å²) in [5.74, 6) is 1.83. The van der Waals surface area contributed by atoms with Crippen molar-refractivity contribution in [1.82, 2.24) is 10.3 Å². The molecular formula is C21H22N2OS. The molecule has 0 bridgehead atoms. The molecule has 0 aliphatic heterocycles. The van der Waals surface area contributed by atoms with Crippen molar-refractivity contribution in [2.45, 2.75) is 6.42 Å². The van der Waals surface area contributed by atoms with E-state index in [9.17, 15) is 4.79 Å². The fourth-order valence-electron chi connectivity index (χ4n) is 2.90. The molecule has 0 fully saturated rings. The van der Waals surface area contributed by atoms with Crippen molar-refractivity contribution in [1.29, 1.82) is 0 Å². The van der Waals surface area contributed by atoms with Crippen LogP contribution in [0, 0.1) is 0 Å². The van der Waals surface area contributed by atoms with Gasteiger partial charge in [0.1, 0.15) is 0 Å². The van der Waals surface area contributed by atoms with Crippen LogP contribution in [-0.4, -0.2) is 29.4 Å². The first-order valence-electron chi connectivity index (χ1n) is 8.32. The minimum atomic E-state index is -0.0732. The minimum absolute atomic E-state index is 0.0732. The molecule has 1 aromatic heterocycles. The summed E-state index contributed by atoms with van der Waals surface area (Å²) >= 11 is 1.87. The van der Waals surface area contributed by atoms with Gasteiger partial charge in [0.15, 0.2) is 0 Å². The van der Waals surface area contributed by atoms with Crippen molar-refractivity contribution in [2.24, 2.45) is 0 Å². The quantitative estimate of drug-likeness (QED) is 0.616. The van der Waals surface area contributed by atoms with Crippen molar-refractivity contribution in [3.63, 3.8) is 0 Å². The van der Waals surface area contributed by atoms with Gasteiger partial charge in [-0.1, -0.05) is 43.0 Å². The molecule has 0 unspecified atom stereocenters. The second-order valence-corrected chi connectivity index (χ2v) is 7.01.